The van der Waals surface area contributed by atoms with E-state index in [1.54, 1.807) is 60.7 Å². The lowest BCUT2D eigenvalue weighted by Crippen LogP contribution is -2.30. The molecule has 0 saturated heterocycles. The molecule has 3 amide bonds. The summed E-state index contributed by atoms with van der Waals surface area (Å²) in [6, 6.07) is 24.7. The number of aryl methyl sites for hydroxylation is 1. The van der Waals surface area contributed by atoms with Crippen molar-refractivity contribution < 1.29 is 18.8 Å². The van der Waals surface area contributed by atoms with Crippen molar-refractivity contribution in [3.05, 3.63) is 129 Å². The van der Waals surface area contributed by atoms with E-state index in [1.165, 1.54) is 36.0 Å². The number of hydrogen-bond acceptors (Lipinski definition) is 4. The first-order valence-corrected chi connectivity index (χ1v) is 15.0. The maximum Gasteiger partial charge on any atom is 0.272 e. The number of rotatable bonds is 10. The molecule has 0 saturated carbocycles. The molecule has 4 rings (SSSR count). The highest BCUT2D eigenvalue weighted by atomic mass is 35.5. The largest absolute Gasteiger partial charge is 0.325 e. The van der Waals surface area contributed by atoms with Crippen molar-refractivity contribution in [3.8, 4) is 0 Å². The van der Waals surface area contributed by atoms with Crippen LogP contribution in [0.2, 0.25) is 10.0 Å². The van der Waals surface area contributed by atoms with Crippen molar-refractivity contribution in [1.29, 1.82) is 0 Å². The van der Waals surface area contributed by atoms with Gasteiger partial charge in [-0.05, 0) is 79.6 Å². The van der Waals surface area contributed by atoms with Crippen LogP contribution in [-0.4, -0.2) is 23.0 Å². The number of benzene rings is 4. The molecule has 0 aliphatic heterocycles. The molecule has 220 valence electrons. The van der Waals surface area contributed by atoms with Gasteiger partial charge in [-0.15, -0.1) is 11.8 Å². The number of carbonyl (C=O) groups excluding carboxylic acids is 3. The second kappa shape index (κ2) is 14.9. The zero-order valence-electron chi connectivity index (χ0n) is 23.3. The Morgan fingerprint density at radius 1 is 0.907 bits per heavy atom. The van der Waals surface area contributed by atoms with Crippen LogP contribution in [0.4, 0.5) is 15.8 Å². The van der Waals surface area contributed by atoms with Crippen LogP contribution in [0.1, 0.15) is 34.8 Å². The minimum atomic E-state index is -0.688. The molecular formula is C33H28Cl2FN3O3S. The van der Waals surface area contributed by atoms with Crippen LogP contribution in [0, 0.1) is 12.7 Å². The number of halogens is 3. The van der Waals surface area contributed by atoms with E-state index < -0.39 is 22.9 Å². The van der Waals surface area contributed by atoms with Crippen LogP contribution in [0.25, 0.3) is 6.08 Å². The van der Waals surface area contributed by atoms with Gasteiger partial charge in [-0.25, -0.2) is 4.39 Å². The molecule has 3 N–H and O–H groups in total. The van der Waals surface area contributed by atoms with Crippen molar-refractivity contribution in [2.24, 2.45) is 0 Å². The predicted octanol–water partition coefficient (Wildman–Crippen LogP) is 8.36. The summed E-state index contributed by atoms with van der Waals surface area (Å²) in [7, 11) is 0. The zero-order valence-corrected chi connectivity index (χ0v) is 25.6. The van der Waals surface area contributed by atoms with E-state index in [4.69, 9.17) is 23.2 Å². The van der Waals surface area contributed by atoms with Crippen molar-refractivity contribution >= 4 is 70.1 Å². The van der Waals surface area contributed by atoms with Gasteiger partial charge < -0.3 is 16.0 Å². The van der Waals surface area contributed by atoms with Gasteiger partial charge in [0.05, 0.1) is 10.3 Å². The van der Waals surface area contributed by atoms with Crippen LogP contribution in [0.5, 0.6) is 0 Å². The smallest absolute Gasteiger partial charge is 0.272 e. The lowest BCUT2D eigenvalue weighted by molar-refractivity contribution is -0.116. The van der Waals surface area contributed by atoms with E-state index in [9.17, 15) is 18.8 Å². The third-order valence-corrected chi connectivity index (χ3v) is 8.23. The van der Waals surface area contributed by atoms with Gasteiger partial charge in [-0.1, -0.05) is 66.5 Å². The topological polar surface area (TPSA) is 87.3 Å². The summed E-state index contributed by atoms with van der Waals surface area (Å²) < 4.78 is 14.6. The molecule has 1 atom stereocenters. The molecule has 0 aliphatic rings. The normalized spacial score (nSPS) is 11.9. The Kier molecular flexibility index (Phi) is 11.0. The molecule has 0 radical (unpaired) electrons. The van der Waals surface area contributed by atoms with Crippen LogP contribution in [0.3, 0.4) is 0 Å². The molecule has 0 fully saturated rings. The van der Waals surface area contributed by atoms with Crippen molar-refractivity contribution in [2.45, 2.75) is 30.4 Å². The van der Waals surface area contributed by atoms with Gasteiger partial charge >= 0.3 is 0 Å². The average molecular weight is 637 g/mol. The fourth-order valence-corrected chi connectivity index (χ4v) is 5.41. The molecule has 0 bridgehead atoms. The zero-order chi connectivity index (χ0) is 30.9. The third kappa shape index (κ3) is 8.70. The molecule has 4 aromatic rings. The molecule has 0 aliphatic carbocycles. The molecule has 0 heterocycles. The molecule has 0 spiro atoms. The summed E-state index contributed by atoms with van der Waals surface area (Å²) in [4.78, 5) is 40.1. The van der Waals surface area contributed by atoms with E-state index in [2.05, 4.69) is 16.0 Å². The first-order valence-electron chi connectivity index (χ1n) is 13.3. The van der Waals surface area contributed by atoms with Crippen LogP contribution >= 0.6 is 35.0 Å². The maximum atomic E-state index is 14.6. The van der Waals surface area contributed by atoms with Gasteiger partial charge in [0, 0.05) is 32.4 Å². The Morgan fingerprint density at radius 3 is 2.37 bits per heavy atom. The molecule has 43 heavy (non-hydrogen) atoms. The third-order valence-electron chi connectivity index (χ3n) is 6.31. The Labute approximate surface area is 263 Å². The van der Waals surface area contributed by atoms with Gasteiger partial charge in [0.15, 0.2) is 0 Å². The maximum absolute atomic E-state index is 14.6. The van der Waals surface area contributed by atoms with Gasteiger partial charge in [0.2, 0.25) is 5.91 Å². The number of thioether (sulfide) groups is 1. The number of carbonyl (C=O) groups is 3. The summed E-state index contributed by atoms with van der Waals surface area (Å²) in [6.45, 7) is 3.80. The SMILES string of the molecule is CCC(Sc1cccc(NC(=O)/C(=C\c2c(F)cccc2Cl)NC(=O)c2ccccc2)c1)C(=O)Nc1cc(Cl)ccc1C. The minimum absolute atomic E-state index is 0.0428. The van der Waals surface area contributed by atoms with Gasteiger partial charge in [0.25, 0.3) is 11.8 Å². The van der Waals surface area contributed by atoms with Crippen molar-refractivity contribution in [1.82, 2.24) is 5.32 Å². The van der Waals surface area contributed by atoms with Crippen LogP contribution < -0.4 is 16.0 Å². The highest BCUT2D eigenvalue weighted by Crippen LogP contribution is 2.30. The second-order valence-electron chi connectivity index (χ2n) is 9.46. The quantitative estimate of drug-likeness (QED) is 0.121. The summed E-state index contributed by atoms with van der Waals surface area (Å²) in [5.74, 6) is -2.07. The van der Waals surface area contributed by atoms with Crippen LogP contribution in [0.15, 0.2) is 102 Å². The van der Waals surface area contributed by atoms with Crippen LogP contribution in [-0.2, 0) is 9.59 Å². The number of amides is 3. The Bertz CT molecular complexity index is 1660. The van der Waals surface area contributed by atoms with E-state index >= 15 is 0 Å². The first-order chi connectivity index (χ1) is 20.6. The van der Waals surface area contributed by atoms with Gasteiger partial charge in [-0.3, -0.25) is 14.4 Å². The van der Waals surface area contributed by atoms with Crippen molar-refractivity contribution in [3.63, 3.8) is 0 Å². The lowest BCUT2D eigenvalue weighted by Gasteiger charge is -2.17. The fourth-order valence-electron chi connectivity index (χ4n) is 4.01. The molecule has 4 aromatic carbocycles. The van der Waals surface area contributed by atoms with E-state index in [-0.39, 0.29) is 22.2 Å². The van der Waals surface area contributed by atoms with Crippen molar-refractivity contribution in [2.75, 3.05) is 10.6 Å². The fraction of sp³-hybridized carbons (Fsp3) is 0.121. The summed E-state index contributed by atoms with van der Waals surface area (Å²) in [5.41, 5.74) is 2.01. The molecule has 10 heteroatoms. The van der Waals surface area contributed by atoms with Gasteiger partial charge in [0.1, 0.15) is 11.5 Å². The van der Waals surface area contributed by atoms with E-state index in [0.29, 0.717) is 28.4 Å². The number of hydrogen-bond donors (Lipinski definition) is 3. The second-order valence-corrected chi connectivity index (χ2v) is 11.6. The van der Waals surface area contributed by atoms with E-state index in [1.807, 2.05) is 26.0 Å². The number of nitrogens with one attached hydrogen (secondary N) is 3. The van der Waals surface area contributed by atoms with E-state index in [0.717, 1.165) is 10.5 Å². The summed E-state index contributed by atoms with van der Waals surface area (Å²) in [6.07, 6.45) is 1.75. The minimum Gasteiger partial charge on any atom is -0.325 e. The Balaban J connectivity index is 1.54. The molecule has 1 unspecified atom stereocenters. The predicted molar refractivity (Wildman–Crippen MR) is 173 cm³/mol. The molecule has 0 aromatic heterocycles. The number of anilines is 2. The standard InChI is InChI=1S/C33H28Cl2FN3O3S/c1-3-30(33(42)38-28-17-22(34)16-15-20(28)2)43-24-12-7-11-23(18-24)37-32(41)29(19-25-26(35)13-8-14-27(25)36)39-31(40)21-9-5-4-6-10-21/h4-19,30H,3H2,1-2H3,(H,37,41)(H,38,42)(H,39,40)/b29-19+. The summed E-state index contributed by atoms with van der Waals surface area (Å²) >= 11 is 13.6. The monoisotopic (exact) mass is 635 g/mol. The average Bonchev–Trinajstić information content (AvgIpc) is 2.99. The van der Waals surface area contributed by atoms with Gasteiger partial charge in [-0.2, -0.15) is 0 Å². The first kappa shape index (κ1) is 31.8. The Hall–Kier alpha value is -4.11. The molecule has 6 nitrogen and oxygen atoms in total. The highest BCUT2D eigenvalue weighted by molar-refractivity contribution is 8.00. The lowest BCUT2D eigenvalue weighted by atomic mass is 10.1. The molecular weight excluding hydrogens is 608 g/mol. The Morgan fingerprint density at radius 2 is 1.65 bits per heavy atom. The summed E-state index contributed by atoms with van der Waals surface area (Å²) in [5, 5.41) is 8.46. The highest BCUT2D eigenvalue weighted by Gasteiger charge is 2.20.